The Hall–Kier alpha value is -2.66. The van der Waals surface area contributed by atoms with Crippen molar-refractivity contribution in [1.82, 2.24) is 19.8 Å². The summed E-state index contributed by atoms with van der Waals surface area (Å²) in [6.07, 6.45) is 4.66. The number of hydrogen-bond acceptors (Lipinski definition) is 7. The van der Waals surface area contributed by atoms with E-state index in [1.165, 1.54) is 6.42 Å². The van der Waals surface area contributed by atoms with Crippen LogP contribution in [-0.2, 0) is 13.1 Å². The maximum absolute atomic E-state index is 13.9. The number of phenols is 1. The SMILES string of the molecule is C[C@H]1CCCN(c2nc(OCC3(CN(C)C)CC3)nc3c2CN(C(=O)c2cc(O)cc4cccc(I)c24)C3)C1. The molecule has 1 saturated carbocycles. The van der Waals surface area contributed by atoms with E-state index >= 15 is 0 Å². The van der Waals surface area contributed by atoms with Crippen molar-refractivity contribution < 1.29 is 14.6 Å². The monoisotopic (exact) mass is 641 g/mol. The molecule has 1 aliphatic carbocycles. The van der Waals surface area contributed by atoms with Crippen LogP contribution >= 0.6 is 22.6 Å². The Morgan fingerprint density at radius 2 is 2.05 bits per heavy atom. The maximum Gasteiger partial charge on any atom is 0.318 e. The molecule has 8 nitrogen and oxygen atoms in total. The van der Waals surface area contributed by atoms with Crippen LogP contribution in [0.1, 0.15) is 54.2 Å². The Bertz CT molecular complexity index is 1420. The van der Waals surface area contributed by atoms with Crippen molar-refractivity contribution in [2.75, 3.05) is 45.2 Å². The van der Waals surface area contributed by atoms with Gasteiger partial charge in [0.05, 0.1) is 31.0 Å². The molecule has 1 atom stereocenters. The van der Waals surface area contributed by atoms with E-state index in [9.17, 15) is 9.90 Å². The molecule has 3 aliphatic rings. The molecule has 6 rings (SSSR count). The van der Waals surface area contributed by atoms with Gasteiger partial charge in [0.1, 0.15) is 11.6 Å². The predicted octanol–water partition coefficient (Wildman–Crippen LogP) is 5.05. The van der Waals surface area contributed by atoms with Crippen LogP contribution in [0.2, 0.25) is 0 Å². The summed E-state index contributed by atoms with van der Waals surface area (Å²) < 4.78 is 7.26. The second kappa shape index (κ2) is 10.4. The average Bonchev–Trinajstić information content (AvgIpc) is 3.51. The van der Waals surface area contributed by atoms with Crippen molar-refractivity contribution in [3.8, 4) is 11.8 Å². The Balaban J connectivity index is 1.32. The highest BCUT2D eigenvalue weighted by atomic mass is 127. The molecule has 0 bridgehead atoms. The minimum Gasteiger partial charge on any atom is -0.508 e. The van der Waals surface area contributed by atoms with Crippen LogP contribution in [-0.4, -0.2) is 71.1 Å². The number of halogens is 1. The Kier molecular flexibility index (Phi) is 7.07. The van der Waals surface area contributed by atoms with Gasteiger partial charge in [-0.25, -0.2) is 0 Å². The van der Waals surface area contributed by atoms with Gasteiger partial charge in [-0.2, -0.15) is 9.97 Å². The first-order valence-corrected chi connectivity index (χ1v) is 14.9. The van der Waals surface area contributed by atoms with E-state index in [4.69, 9.17) is 14.7 Å². The molecule has 0 radical (unpaired) electrons. The molecule has 9 heteroatoms. The lowest BCUT2D eigenvalue weighted by Gasteiger charge is -2.33. The van der Waals surface area contributed by atoms with E-state index in [0.29, 0.717) is 37.2 Å². The van der Waals surface area contributed by atoms with Gasteiger partial charge in [-0.15, -0.1) is 0 Å². The first kappa shape index (κ1) is 26.6. The summed E-state index contributed by atoms with van der Waals surface area (Å²) in [5, 5.41) is 12.1. The number of ether oxygens (including phenoxy) is 1. The highest BCUT2D eigenvalue weighted by molar-refractivity contribution is 14.1. The van der Waals surface area contributed by atoms with Gasteiger partial charge < -0.3 is 24.5 Å². The zero-order chi connectivity index (χ0) is 27.3. The average molecular weight is 642 g/mol. The molecule has 2 fully saturated rings. The number of benzene rings is 2. The molecule has 2 aromatic carbocycles. The molecule has 206 valence electrons. The highest BCUT2D eigenvalue weighted by Crippen LogP contribution is 2.46. The summed E-state index contributed by atoms with van der Waals surface area (Å²) in [4.78, 5) is 30.1. The molecule has 0 unspecified atom stereocenters. The molecular formula is C30H36IN5O3. The Labute approximate surface area is 243 Å². The lowest BCUT2D eigenvalue weighted by Crippen LogP contribution is -2.36. The molecule has 1 aromatic heterocycles. The number of aromatic hydroxyl groups is 1. The van der Waals surface area contributed by atoms with Gasteiger partial charge in [0.25, 0.3) is 5.91 Å². The van der Waals surface area contributed by atoms with Crippen molar-refractivity contribution in [2.45, 2.75) is 45.7 Å². The fourth-order valence-electron chi connectivity index (χ4n) is 6.19. The number of carbonyl (C=O) groups is 1. The molecule has 1 N–H and O–H groups in total. The fourth-order valence-corrected chi connectivity index (χ4v) is 7.00. The van der Waals surface area contributed by atoms with Gasteiger partial charge in [0.2, 0.25) is 0 Å². The molecular weight excluding hydrogens is 605 g/mol. The number of amides is 1. The number of fused-ring (bicyclic) bond motifs is 2. The van der Waals surface area contributed by atoms with Crippen molar-refractivity contribution in [2.24, 2.45) is 11.3 Å². The van der Waals surface area contributed by atoms with Crippen LogP contribution in [0, 0.1) is 14.9 Å². The van der Waals surface area contributed by atoms with Gasteiger partial charge in [0.15, 0.2) is 0 Å². The largest absolute Gasteiger partial charge is 0.508 e. The highest BCUT2D eigenvalue weighted by Gasteiger charge is 2.44. The number of nitrogens with zero attached hydrogens (tertiary/aromatic N) is 5. The van der Waals surface area contributed by atoms with E-state index in [2.05, 4.69) is 53.4 Å². The predicted molar refractivity (Wildman–Crippen MR) is 160 cm³/mol. The van der Waals surface area contributed by atoms with E-state index < -0.39 is 0 Å². The van der Waals surface area contributed by atoms with Crippen LogP contribution in [0.25, 0.3) is 10.8 Å². The number of piperidine rings is 1. The first-order valence-electron chi connectivity index (χ1n) is 13.8. The molecule has 2 aliphatic heterocycles. The number of rotatable bonds is 7. The van der Waals surface area contributed by atoms with E-state index in [1.54, 1.807) is 12.1 Å². The number of carbonyl (C=O) groups excluding carboxylic acids is 1. The lowest BCUT2D eigenvalue weighted by atomic mass is 10.00. The van der Waals surface area contributed by atoms with Crippen LogP contribution < -0.4 is 9.64 Å². The normalized spacial score (nSPS) is 20.0. The second-order valence-electron chi connectivity index (χ2n) is 12.0. The zero-order valence-corrected chi connectivity index (χ0v) is 25.1. The van der Waals surface area contributed by atoms with Crippen molar-refractivity contribution in [3.63, 3.8) is 0 Å². The topological polar surface area (TPSA) is 82.0 Å². The molecule has 3 heterocycles. The second-order valence-corrected chi connectivity index (χ2v) is 13.1. The number of anilines is 1. The van der Waals surface area contributed by atoms with Gasteiger partial charge in [-0.05, 0) is 91.9 Å². The van der Waals surface area contributed by atoms with Gasteiger partial charge in [-0.3, -0.25) is 4.79 Å². The molecule has 3 aromatic rings. The lowest BCUT2D eigenvalue weighted by molar-refractivity contribution is 0.0752. The van der Waals surface area contributed by atoms with Crippen molar-refractivity contribution in [3.05, 3.63) is 50.7 Å². The third kappa shape index (κ3) is 5.39. The summed E-state index contributed by atoms with van der Waals surface area (Å²) in [6, 6.07) is 9.57. The third-order valence-electron chi connectivity index (χ3n) is 8.24. The summed E-state index contributed by atoms with van der Waals surface area (Å²) in [5.41, 5.74) is 2.57. The minimum absolute atomic E-state index is 0.0924. The molecule has 1 amide bonds. The summed E-state index contributed by atoms with van der Waals surface area (Å²) in [7, 11) is 4.20. The molecule has 39 heavy (non-hydrogen) atoms. The maximum atomic E-state index is 13.9. The van der Waals surface area contributed by atoms with Crippen molar-refractivity contribution in [1.29, 1.82) is 0 Å². The summed E-state index contributed by atoms with van der Waals surface area (Å²) in [6.45, 7) is 6.61. The van der Waals surface area contributed by atoms with E-state index in [-0.39, 0.29) is 17.1 Å². The Morgan fingerprint density at radius 1 is 1.23 bits per heavy atom. The van der Waals surface area contributed by atoms with Gasteiger partial charge >= 0.3 is 6.01 Å². The summed E-state index contributed by atoms with van der Waals surface area (Å²) >= 11 is 2.26. The van der Waals surface area contributed by atoms with Gasteiger partial charge in [-0.1, -0.05) is 19.1 Å². The molecule has 0 spiro atoms. The van der Waals surface area contributed by atoms with Crippen LogP contribution in [0.3, 0.4) is 0 Å². The summed E-state index contributed by atoms with van der Waals surface area (Å²) in [5.74, 6) is 1.48. The number of phenolic OH excluding ortho intramolecular Hbond substituents is 1. The van der Waals surface area contributed by atoms with E-state index in [0.717, 1.165) is 70.3 Å². The standard InChI is InChI=1S/C30H36IN5O3/c1-19-6-5-11-35(14-19)27-23-15-36(28(38)22-13-21(37)12-20-7-4-8-24(31)26(20)22)16-25(23)32-29(33-27)39-18-30(9-10-30)17-34(2)3/h4,7-8,12-13,19,37H,5-6,9-11,14-18H2,1-3H3/t19-/m0/s1. The van der Waals surface area contributed by atoms with Gasteiger partial charge in [0, 0.05) is 39.6 Å². The van der Waals surface area contributed by atoms with Crippen molar-refractivity contribution >= 4 is 45.1 Å². The fraction of sp³-hybridized carbons (Fsp3) is 0.500. The van der Waals surface area contributed by atoms with Crippen LogP contribution in [0.15, 0.2) is 30.3 Å². The van der Waals surface area contributed by atoms with Crippen LogP contribution in [0.4, 0.5) is 5.82 Å². The first-order chi connectivity index (χ1) is 18.7. The van der Waals surface area contributed by atoms with Crippen LogP contribution in [0.5, 0.6) is 11.8 Å². The zero-order valence-electron chi connectivity index (χ0n) is 22.9. The third-order valence-corrected chi connectivity index (χ3v) is 9.14. The number of aromatic nitrogens is 2. The Morgan fingerprint density at radius 3 is 2.79 bits per heavy atom. The quantitative estimate of drug-likeness (QED) is 0.362. The van der Waals surface area contributed by atoms with E-state index in [1.807, 2.05) is 23.1 Å². The number of hydrogen-bond donors (Lipinski definition) is 1. The smallest absolute Gasteiger partial charge is 0.318 e. The minimum atomic E-state index is -0.110. The molecule has 1 saturated heterocycles.